The maximum absolute atomic E-state index is 12.3. The number of hydrogen-bond acceptors (Lipinski definition) is 3. The molecule has 0 bridgehead atoms. The maximum Gasteiger partial charge on any atom is 0.251 e. The van der Waals surface area contributed by atoms with Gasteiger partial charge < -0.3 is 10.2 Å². The van der Waals surface area contributed by atoms with E-state index < -0.39 is 0 Å². The van der Waals surface area contributed by atoms with E-state index in [0.717, 1.165) is 36.8 Å². The lowest BCUT2D eigenvalue weighted by Gasteiger charge is -2.30. The van der Waals surface area contributed by atoms with E-state index in [2.05, 4.69) is 22.2 Å². The van der Waals surface area contributed by atoms with E-state index in [1.165, 1.54) is 0 Å². The smallest absolute Gasteiger partial charge is 0.251 e. The van der Waals surface area contributed by atoms with Crippen LogP contribution in [0.4, 0.5) is 0 Å². The topological polar surface area (TPSA) is 45.2 Å². The number of carbonyl (C=O) groups is 1. The summed E-state index contributed by atoms with van der Waals surface area (Å²) in [6.07, 6.45) is 3.95. The lowest BCUT2D eigenvalue weighted by molar-refractivity contribution is 0.0912. The second-order valence-corrected chi connectivity index (χ2v) is 5.49. The van der Waals surface area contributed by atoms with E-state index in [9.17, 15) is 4.79 Å². The van der Waals surface area contributed by atoms with Crippen LogP contribution in [0.5, 0.6) is 0 Å². The molecule has 2 heterocycles. The highest BCUT2D eigenvalue weighted by molar-refractivity contribution is 5.97. The van der Waals surface area contributed by atoms with Crippen molar-refractivity contribution in [2.24, 2.45) is 0 Å². The van der Waals surface area contributed by atoms with Crippen LogP contribution in [0.3, 0.4) is 0 Å². The van der Waals surface area contributed by atoms with Crippen LogP contribution in [0.1, 0.15) is 23.2 Å². The number of aromatic nitrogens is 1. The zero-order valence-corrected chi connectivity index (χ0v) is 11.7. The number of likely N-dealkylation sites (tertiary alicyclic amines) is 1. The average molecular weight is 269 g/mol. The molecule has 1 saturated heterocycles. The van der Waals surface area contributed by atoms with Crippen molar-refractivity contribution in [2.45, 2.75) is 18.9 Å². The normalized spacial score (nSPS) is 19.9. The molecule has 1 aliphatic rings. The van der Waals surface area contributed by atoms with E-state index in [1.807, 2.05) is 30.3 Å². The first-order valence-electron chi connectivity index (χ1n) is 7.06. The zero-order chi connectivity index (χ0) is 13.9. The zero-order valence-electron chi connectivity index (χ0n) is 11.7. The molecule has 3 rings (SSSR count). The summed E-state index contributed by atoms with van der Waals surface area (Å²) >= 11 is 0. The molecule has 1 fully saturated rings. The molecular weight excluding hydrogens is 250 g/mol. The fourth-order valence-electron chi connectivity index (χ4n) is 2.76. The first-order chi connectivity index (χ1) is 9.72. The number of carbonyl (C=O) groups excluding carboxylic acids is 1. The van der Waals surface area contributed by atoms with Gasteiger partial charge in [0, 0.05) is 29.7 Å². The van der Waals surface area contributed by atoms with Gasteiger partial charge in [-0.05, 0) is 44.6 Å². The number of nitrogens with one attached hydrogen (secondary N) is 1. The van der Waals surface area contributed by atoms with Gasteiger partial charge in [-0.25, -0.2) is 0 Å². The molecule has 1 unspecified atom stereocenters. The molecule has 104 valence electrons. The first-order valence-corrected chi connectivity index (χ1v) is 7.06. The van der Waals surface area contributed by atoms with E-state index >= 15 is 0 Å². The van der Waals surface area contributed by atoms with Crippen LogP contribution in [0.25, 0.3) is 10.9 Å². The summed E-state index contributed by atoms with van der Waals surface area (Å²) in [5.41, 5.74) is 1.55. The van der Waals surface area contributed by atoms with Gasteiger partial charge in [0.25, 0.3) is 5.91 Å². The summed E-state index contributed by atoms with van der Waals surface area (Å²) < 4.78 is 0. The molecule has 1 amide bonds. The van der Waals surface area contributed by atoms with Gasteiger partial charge in [0.1, 0.15) is 0 Å². The molecule has 2 aromatic rings. The van der Waals surface area contributed by atoms with Crippen LogP contribution in [0.2, 0.25) is 0 Å². The average Bonchev–Trinajstić information content (AvgIpc) is 2.47. The molecule has 0 spiro atoms. The second kappa shape index (κ2) is 5.59. The summed E-state index contributed by atoms with van der Waals surface area (Å²) in [5.74, 6) is -0.00199. The first kappa shape index (κ1) is 13.1. The Kier molecular flexibility index (Phi) is 3.65. The number of fused-ring (bicyclic) bond motifs is 1. The highest BCUT2D eigenvalue weighted by Gasteiger charge is 2.19. The highest BCUT2D eigenvalue weighted by Crippen LogP contribution is 2.14. The second-order valence-electron chi connectivity index (χ2n) is 5.49. The monoisotopic (exact) mass is 269 g/mol. The van der Waals surface area contributed by atoms with Crippen molar-refractivity contribution in [3.63, 3.8) is 0 Å². The largest absolute Gasteiger partial charge is 0.348 e. The Balaban J connectivity index is 1.75. The van der Waals surface area contributed by atoms with Gasteiger partial charge >= 0.3 is 0 Å². The minimum absolute atomic E-state index is 0.00199. The highest BCUT2D eigenvalue weighted by atomic mass is 16.1. The van der Waals surface area contributed by atoms with Gasteiger partial charge in [0.05, 0.1) is 5.52 Å². The van der Waals surface area contributed by atoms with Crippen molar-refractivity contribution in [3.8, 4) is 0 Å². The predicted molar refractivity (Wildman–Crippen MR) is 79.7 cm³/mol. The quantitative estimate of drug-likeness (QED) is 0.907. The lowest BCUT2D eigenvalue weighted by Crippen LogP contribution is -2.46. The van der Waals surface area contributed by atoms with Crippen molar-refractivity contribution in [3.05, 3.63) is 42.1 Å². The number of hydrogen-bond donors (Lipinski definition) is 1. The van der Waals surface area contributed by atoms with Crippen LogP contribution in [-0.4, -0.2) is 42.0 Å². The van der Waals surface area contributed by atoms with Gasteiger partial charge in [-0.15, -0.1) is 0 Å². The minimum Gasteiger partial charge on any atom is -0.348 e. The van der Waals surface area contributed by atoms with Crippen molar-refractivity contribution in [1.29, 1.82) is 0 Å². The van der Waals surface area contributed by atoms with Gasteiger partial charge in [-0.1, -0.05) is 12.1 Å². The molecule has 1 aromatic carbocycles. The fourth-order valence-corrected chi connectivity index (χ4v) is 2.76. The number of nitrogens with zero attached hydrogens (tertiary/aromatic N) is 2. The van der Waals surface area contributed by atoms with Crippen molar-refractivity contribution >= 4 is 16.8 Å². The van der Waals surface area contributed by atoms with E-state index in [1.54, 1.807) is 6.20 Å². The van der Waals surface area contributed by atoms with Crippen LogP contribution < -0.4 is 5.32 Å². The Hall–Kier alpha value is -1.94. The Bertz CT molecular complexity index is 626. The molecule has 4 nitrogen and oxygen atoms in total. The van der Waals surface area contributed by atoms with Gasteiger partial charge in [0.15, 0.2) is 0 Å². The molecule has 1 aromatic heterocycles. The Morgan fingerprint density at radius 2 is 2.30 bits per heavy atom. The molecule has 0 saturated carbocycles. The number of benzene rings is 1. The summed E-state index contributed by atoms with van der Waals surface area (Å²) in [6.45, 7) is 2.05. The van der Waals surface area contributed by atoms with Crippen molar-refractivity contribution in [1.82, 2.24) is 15.2 Å². The molecule has 1 aliphatic heterocycles. The number of pyridine rings is 1. The summed E-state index contributed by atoms with van der Waals surface area (Å²) in [6, 6.07) is 9.83. The van der Waals surface area contributed by atoms with Gasteiger partial charge in [-0.3, -0.25) is 9.78 Å². The molecule has 0 aliphatic carbocycles. The SMILES string of the molecule is CN1CCCC(NC(=O)c2ccc3cccnc3c2)C1. The Labute approximate surface area is 118 Å². The summed E-state index contributed by atoms with van der Waals surface area (Å²) in [5, 5.41) is 4.18. The Morgan fingerprint density at radius 3 is 3.15 bits per heavy atom. The predicted octanol–water partition coefficient (Wildman–Crippen LogP) is 2.06. The third kappa shape index (κ3) is 2.80. The van der Waals surface area contributed by atoms with E-state index in [-0.39, 0.29) is 11.9 Å². The van der Waals surface area contributed by atoms with Crippen LogP contribution in [0.15, 0.2) is 36.5 Å². The molecular formula is C16H19N3O. The summed E-state index contributed by atoms with van der Waals surface area (Å²) in [4.78, 5) is 18.9. The van der Waals surface area contributed by atoms with Crippen LogP contribution in [-0.2, 0) is 0 Å². The van der Waals surface area contributed by atoms with Crippen molar-refractivity contribution in [2.75, 3.05) is 20.1 Å². The van der Waals surface area contributed by atoms with E-state index in [4.69, 9.17) is 0 Å². The standard InChI is InChI=1S/C16H19N3O/c1-19-9-3-5-14(11-19)18-16(20)13-7-6-12-4-2-8-17-15(12)10-13/h2,4,6-8,10,14H,3,5,9,11H2,1H3,(H,18,20). The number of likely N-dealkylation sites (N-methyl/N-ethyl adjacent to an activating group) is 1. The molecule has 1 N–H and O–H groups in total. The fraction of sp³-hybridized carbons (Fsp3) is 0.375. The van der Waals surface area contributed by atoms with E-state index in [0.29, 0.717) is 5.56 Å². The van der Waals surface area contributed by atoms with Crippen molar-refractivity contribution < 1.29 is 4.79 Å². The number of piperidine rings is 1. The molecule has 4 heteroatoms. The third-order valence-electron chi connectivity index (χ3n) is 3.83. The lowest BCUT2D eigenvalue weighted by atomic mass is 10.1. The summed E-state index contributed by atoms with van der Waals surface area (Å²) in [7, 11) is 2.10. The van der Waals surface area contributed by atoms with Crippen LogP contribution >= 0.6 is 0 Å². The van der Waals surface area contributed by atoms with Gasteiger partial charge in [0.2, 0.25) is 0 Å². The minimum atomic E-state index is -0.00199. The van der Waals surface area contributed by atoms with Gasteiger partial charge in [-0.2, -0.15) is 0 Å². The molecule has 1 atom stereocenters. The molecule has 0 radical (unpaired) electrons. The maximum atomic E-state index is 12.3. The third-order valence-corrected chi connectivity index (χ3v) is 3.83. The number of amides is 1. The number of rotatable bonds is 2. The Morgan fingerprint density at radius 1 is 1.40 bits per heavy atom. The van der Waals surface area contributed by atoms with Crippen LogP contribution in [0, 0.1) is 0 Å². The molecule has 20 heavy (non-hydrogen) atoms.